The molecular weight excluding hydrogens is 324 g/mol. The molecule has 0 unspecified atom stereocenters. The van der Waals surface area contributed by atoms with Gasteiger partial charge in [0, 0.05) is 28.7 Å². The van der Waals surface area contributed by atoms with Crippen LogP contribution < -0.4 is 10.4 Å². The van der Waals surface area contributed by atoms with Crippen LogP contribution in [-0.2, 0) is 9.59 Å². The summed E-state index contributed by atoms with van der Waals surface area (Å²) in [6.45, 7) is 2.02. The zero-order valence-corrected chi connectivity index (χ0v) is 14.3. The van der Waals surface area contributed by atoms with Crippen LogP contribution in [0.25, 0.3) is 11.3 Å². The summed E-state index contributed by atoms with van der Waals surface area (Å²) in [6.07, 6.45) is 2.79. The zero-order valence-electron chi connectivity index (χ0n) is 13.5. The van der Waals surface area contributed by atoms with Gasteiger partial charge in [-0.15, -0.1) is 11.3 Å². The first-order chi connectivity index (χ1) is 11.5. The summed E-state index contributed by atoms with van der Waals surface area (Å²) in [5.41, 5.74) is 2.96. The number of aryl methyl sites for hydroxylation is 1. The lowest BCUT2D eigenvalue weighted by Gasteiger charge is -2.30. The van der Waals surface area contributed by atoms with Crippen molar-refractivity contribution in [2.75, 3.05) is 5.32 Å². The molecule has 1 aromatic carbocycles. The van der Waals surface area contributed by atoms with Crippen molar-refractivity contribution in [1.29, 1.82) is 0 Å². The molecule has 0 bridgehead atoms. The van der Waals surface area contributed by atoms with Crippen molar-refractivity contribution in [3.63, 3.8) is 0 Å². The summed E-state index contributed by atoms with van der Waals surface area (Å²) in [4.78, 5) is 28.1. The Morgan fingerprint density at radius 2 is 1.83 bits per heavy atom. The Kier molecular flexibility index (Phi) is 4.94. The quantitative estimate of drug-likeness (QED) is 0.925. The third-order valence-electron chi connectivity index (χ3n) is 4.49. The maximum atomic E-state index is 12.4. The van der Waals surface area contributed by atoms with Crippen molar-refractivity contribution in [3.05, 3.63) is 35.2 Å². The number of thiazole rings is 1. The fourth-order valence-corrected chi connectivity index (χ4v) is 3.84. The minimum absolute atomic E-state index is 0.270. The summed E-state index contributed by atoms with van der Waals surface area (Å²) in [7, 11) is 0. The number of carboxylic acids is 1. The van der Waals surface area contributed by atoms with Gasteiger partial charge in [0.25, 0.3) is 0 Å². The summed E-state index contributed by atoms with van der Waals surface area (Å²) in [5.74, 6) is -2.63. The Morgan fingerprint density at radius 3 is 2.50 bits per heavy atom. The lowest BCUT2D eigenvalue weighted by Crippen LogP contribution is -2.42. The van der Waals surface area contributed by atoms with Crippen LogP contribution in [0.1, 0.15) is 31.2 Å². The molecule has 2 aromatic rings. The predicted molar refractivity (Wildman–Crippen MR) is 91.4 cm³/mol. The molecule has 3 rings (SSSR count). The first-order valence-corrected chi connectivity index (χ1v) is 8.97. The van der Waals surface area contributed by atoms with Crippen molar-refractivity contribution in [2.24, 2.45) is 11.8 Å². The Hall–Kier alpha value is -2.21. The van der Waals surface area contributed by atoms with E-state index in [4.69, 9.17) is 0 Å². The number of aliphatic carboxylic acids is 1. The molecule has 1 saturated carbocycles. The average molecular weight is 343 g/mol. The molecule has 5 nitrogen and oxygen atoms in total. The number of rotatable bonds is 4. The molecule has 1 aliphatic rings. The number of hydrogen-bond acceptors (Lipinski definition) is 5. The van der Waals surface area contributed by atoms with E-state index in [1.54, 1.807) is 0 Å². The topological polar surface area (TPSA) is 82.1 Å². The Bertz CT molecular complexity index is 739. The van der Waals surface area contributed by atoms with E-state index in [1.165, 1.54) is 16.9 Å². The van der Waals surface area contributed by atoms with E-state index in [2.05, 4.69) is 10.3 Å². The van der Waals surface area contributed by atoms with Crippen molar-refractivity contribution >= 4 is 28.3 Å². The standard InChI is InChI=1S/C18H20N2O3S/c1-11-6-8-12(9-7-11)15-10-24-18(19-15)20-16(21)13-4-2-3-5-14(13)17(22)23/h6-10,13-14H,2-5H2,1H3,(H,22,23)(H,19,20,21)/p-1/t13-,14+/m1/s1. The van der Waals surface area contributed by atoms with Crippen LogP contribution in [0.5, 0.6) is 0 Å². The Labute approximate surface area is 144 Å². The highest BCUT2D eigenvalue weighted by Crippen LogP contribution is 2.32. The normalized spacial score (nSPS) is 20.5. The van der Waals surface area contributed by atoms with Gasteiger partial charge in [-0.2, -0.15) is 0 Å². The lowest BCUT2D eigenvalue weighted by atomic mass is 9.79. The molecule has 0 radical (unpaired) electrons. The van der Waals surface area contributed by atoms with Crippen LogP contribution in [0.15, 0.2) is 29.6 Å². The van der Waals surface area contributed by atoms with Gasteiger partial charge in [0.15, 0.2) is 5.13 Å². The summed E-state index contributed by atoms with van der Waals surface area (Å²) < 4.78 is 0. The number of amides is 1. The van der Waals surface area contributed by atoms with Crippen molar-refractivity contribution in [3.8, 4) is 11.3 Å². The number of hydrogen-bond donors (Lipinski definition) is 1. The number of carboxylic acid groups (broad SMARTS) is 1. The maximum Gasteiger partial charge on any atom is 0.229 e. The van der Waals surface area contributed by atoms with Gasteiger partial charge in [0.05, 0.1) is 5.69 Å². The number of carbonyl (C=O) groups excluding carboxylic acids is 2. The highest BCUT2D eigenvalue weighted by Gasteiger charge is 2.32. The van der Waals surface area contributed by atoms with Gasteiger partial charge in [-0.25, -0.2) is 4.98 Å². The highest BCUT2D eigenvalue weighted by atomic mass is 32.1. The Morgan fingerprint density at radius 1 is 1.17 bits per heavy atom. The fourth-order valence-electron chi connectivity index (χ4n) is 3.11. The van der Waals surface area contributed by atoms with Gasteiger partial charge < -0.3 is 15.2 Å². The number of benzene rings is 1. The largest absolute Gasteiger partial charge is 0.550 e. The minimum Gasteiger partial charge on any atom is -0.550 e. The second-order valence-electron chi connectivity index (χ2n) is 6.21. The minimum atomic E-state index is -1.13. The number of carbonyl (C=O) groups is 2. The molecule has 2 atom stereocenters. The Balaban J connectivity index is 1.70. The molecule has 1 N–H and O–H groups in total. The molecule has 126 valence electrons. The number of nitrogens with one attached hydrogen (secondary N) is 1. The molecule has 1 aromatic heterocycles. The third kappa shape index (κ3) is 3.64. The molecule has 0 spiro atoms. The van der Waals surface area contributed by atoms with Crippen molar-refractivity contribution in [1.82, 2.24) is 4.98 Å². The number of nitrogens with zero attached hydrogens (tertiary/aromatic N) is 1. The van der Waals surface area contributed by atoms with Gasteiger partial charge in [-0.05, 0) is 19.8 Å². The van der Waals surface area contributed by atoms with Crippen LogP contribution in [0.3, 0.4) is 0 Å². The van der Waals surface area contributed by atoms with Crippen LogP contribution in [0.4, 0.5) is 5.13 Å². The molecule has 0 aliphatic heterocycles. The molecule has 1 amide bonds. The van der Waals surface area contributed by atoms with Crippen molar-refractivity contribution in [2.45, 2.75) is 32.6 Å². The lowest BCUT2D eigenvalue weighted by molar-refractivity contribution is -0.313. The van der Waals surface area contributed by atoms with Crippen LogP contribution >= 0.6 is 11.3 Å². The third-order valence-corrected chi connectivity index (χ3v) is 5.24. The van der Waals surface area contributed by atoms with Crippen molar-refractivity contribution < 1.29 is 14.7 Å². The van der Waals surface area contributed by atoms with E-state index in [-0.39, 0.29) is 5.91 Å². The van der Waals surface area contributed by atoms with E-state index in [9.17, 15) is 14.7 Å². The molecule has 1 heterocycles. The van der Waals surface area contributed by atoms with E-state index in [1.807, 2.05) is 36.6 Å². The van der Waals surface area contributed by atoms with E-state index < -0.39 is 17.8 Å². The van der Waals surface area contributed by atoms with Crippen LogP contribution in [0.2, 0.25) is 0 Å². The predicted octanol–water partition coefficient (Wildman–Crippen LogP) is 2.61. The summed E-state index contributed by atoms with van der Waals surface area (Å²) >= 11 is 1.34. The highest BCUT2D eigenvalue weighted by molar-refractivity contribution is 7.14. The molecule has 24 heavy (non-hydrogen) atoms. The van der Waals surface area contributed by atoms with E-state index >= 15 is 0 Å². The van der Waals surface area contributed by atoms with E-state index in [0.717, 1.165) is 24.1 Å². The smallest absolute Gasteiger partial charge is 0.229 e. The van der Waals surface area contributed by atoms with Gasteiger partial charge >= 0.3 is 0 Å². The number of anilines is 1. The number of aromatic nitrogens is 1. The first kappa shape index (κ1) is 16.6. The SMILES string of the molecule is Cc1ccc(-c2csc(NC(=O)[C@@H]3CCCC[C@@H]3C(=O)[O-])n2)cc1. The van der Waals surface area contributed by atoms with Gasteiger partial charge in [-0.1, -0.05) is 42.7 Å². The molecule has 1 fully saturated rings. The van der Waals surface area contributed by atoms with Crippen LogP contribution in [-0.4, -0.2) is 16.9 Å². The molecule has 1 aliphatic carbocycles. The monoisotopic (exact) mass is 343 g/mol. The van der Waals surface area contributed by atoms with Gasteiger partial charge in [-0.3, -0.25) is 4.79 Å². The molecule has 6 heteroatoms. The summed E-state index contributed by atoms with van der Waals surface area (Å²) in [6, 6.07) is 8.01. The second kappa shape index (κ2) is 7.13. The summed E-state index contributed by atoms with van der Waals surface area (Å²) in [5, 5.41) is 16.4. The fraction of sp³-hybridized carbons (Fsp3) is 0.389. The second-order valence-corrected chi connectivity index (χ2v) is 7.07. The zero-order chi connectivity index (χ0) is 17.1. The average Bonchev–Trinajstić information content (AvgIpc) is 3.04. The maximum absolute atomic E-state index is 12.4. The van der Waals surface area contributed by atoms with Crippen LogP contribution in [0, 0.1) is 18.8 Å². The van der Waals surface area contributed by atoms with Gasteiger partial charge in [0.1, 0.15) is 0 Å². The van der Waals surface area contributed by atoms with Gasteiger partial charge in [0.2, 0.25) is 5.91 Å². The molecular formula is C18H19N2O3S-. The first-order valence-electron chi connectivity index (χ1n) is 8.09. The molecule has 0 saturated heterocycles. The van der Waals surface area contributed by atoms with E-state index in [0.29, 0.717) is 18.0 Å².